The van der Waals surface area contributed by atoms with Gasteiger partial charge in [0, 0.05) is 12.3 Å². The lowest BCUT2D eigenvalue weighted by atomic mass is 10.1. The van der Waals surface area contributed by atoms with Gasteiger partial charge in [-0.2, -0.15) is 8.62 Å². The van der Waals surface area contributed by atoms with Gasteiger partial charge in [-0.3, -0.25) is 18.9 Å². The Morgan fingerprint density at radius 2 is 1.40 bits per heavy atom. The van der Waals surface area contributed by atoms with Crippen molar-refractivity contribution in [1.82, 2.24) is 14.5 Å². The van der Waals surface area contributed by atoms with E-state index in [0.29, 0.717) is 4.57 Å². The average Bonchev–Trinajstić information content (AvgIpc) is 3.14. The Labute approximate surface area is 242 Å². The number of hydrogen-bond donors (Lipinski definition) is 7. The molecule has 0 saturated carbocycles. The van der Waals surface area contributed by atoms with E-state index in [0.717, 1.165) is 12.3 Å². The fourth-order valence-electron chi connectivity index (χ4n) is 3.68. The summed E-state index contributed by atoms with van der Waals surface area (Å²) in [4.78, 5) is 62.6. The van der Waals surface area contributed by atoms with Crippen molar-refractivity contribution in [1.29, 1.82) is 0 Å². The Hall–Kier alpha value is -1.07. The minimum Gasteiger partial charge on any atom is -0.387 e. The predicted octanol–water partition coefficient (Wildman–Crippen LogP) is 1.19. The van der Waals surface area contributed by atoms with Gasteiger partial charge in [-0.05, 0) is 38.9 Å². The number of unbranched alkanes of at least 4 members (excludes halogenated alkanes) is 3. The summed E-state index contributed by atoms with van der Waals surface area (Å²) in [6.07, 6.45) is 2.39. The molecule has 2 heterocycles. The van der Waals surface area contributed by atoms with E-state index in [-0.39, 0.29) is 0 Å². The molecule has 0 amide bonds. The number of phosphoric ester groups is 1. The molecule has 2 unspecified atom stereocenters. The highest BCUT2D eigenvalue weighted by molar-refractivity contribution is 7.66. The van der Waals surface area contributed by atoms with Crippen molar-refractivity contribution in [3.8, 4) is 0 Å². The third-order valence-electron chi connectivity index (χ3n) is 5.76. The van der Waals surface area contributed by atoms with Crippen LogP contribution in [0.15, 0.2) is 21.9 Å². The Morgan fingerprint density at radius 3 is 1.86 bits per heavy atom. The summed E-state index contributed by atoms with van der Waals surface area (Å²) < 4.78 is 50.6. The van der Waals surface area contributed by atoms with Crippen LogP contribution in [0, 0.1) is 0 Å². The number of phosphoric acid groups is 3. The molecule has 1 saturated heterocycles. The summed E-state index contributed by atoms with van der Waals surface area (Å²) in [7, 11) is -16.8. The number of rotatable bonds is 17. The standard InChI is InChI=1S/C12H27N.C9H15N2O15P3/c1-4-7-10-13(11-8-5-2)12-9-6-3;12-5-1-2-11(9(15)10-5)8-7(14)6(13)4(24-8)3-23-28(19,20)26-29(21,22)25-27(16,17)18/h4-12H2,1-3H3;1-2,4,6-8,13-14H,3H2,(H,19,20)(H,21,22)(H,10,12,15)(H2,16,17,18)/t;4-,6-,7-,8-/m.1/s1. The van der Waals surface area contributed by atoms with Crippen molar-refractivity contribution in [3.63, 3.8) is 0 Å². The van der Waals surface area contributed by atoms with Gasteiger partial charge >= 0.3 is 29.2 Å². The quantitative estimate of drug-likeness (QED) is 0.115. The van der Waals surface area contributed by atoms with E-state index in [2.05, 4.69) is 38.8 Å². The lowest BCUT2D eigenvalue weighted by molar-refractivity contribution is -0.0542. The minimum atomic E-state index is -5.73. The number of ether oxygens (including phenoxy) is 1. The van der Waals surface area contributed by atoms with Gasteiger partial charge in [0.1, 0.15) is 18.3 Å². The van der Waals surface area contributed by atoms with Gasteiger partial charge in [-0.15, -0.1) is 0 Å². The molecule has 1 aromatic rings. The van der Waals surface area contributed by atoms with E-state index >= 15 is 0 Å². The smallest absolute Gasteiger partial charge is 0.387 e. The number of nitrogens with zero attached hydrogens (tertiary/aromatic N) is 2. The normalized spacial score (nSPS) is 23.7. The van der Waals surface area contributed by atoms with Crippen LogP contribution >= 0.6 is 23.5 Å². The third-order valence-corrected chi connectivity index (χ3v) is 9.57. The Bertz CT molecular complexity index is 1190. The molecule has 0 spiro atoms. The van der Waals surface area contributed by atoms with Crippen LogP contribution in [0.5, 0.6) is 0 Å². The van der Waals surface area contributed by atoms with E-state index in [1.165, 1.54) is 58.2 Å². The first-order chi connectivity index (χ1) is 19.4. The highest BCUT2D eigenvalue weighted by Gasteiger charge is 2.46. The molecule has 6 atom stereocenters. The molecular formula is C21H42N3O15P3. The molecule has 0 aromatic carbocycles. The van der Waals surface area contributed by atoms with Crippen LogP contribution in [0.1, 0.15) is 65.5 Å². The van der Waals surface area contributed by atoms with Crippen LogP contribution in [-0.2, 0) is 31.6 Å². The van der Waals surface area contributed by atoms with Crippen molar-refractivity contribution >= 4 is 23.5 Å². The van der Waals surface area contributed by atoms with Crippen LogP contribution in [0.3, 0.4) is 0 Å². The topological polar surface area (TPSA) is 268 Å². The van der Waals surface area contributed by atoms with E-state index < -0.39 is 65.9 Å². The molecule has 1 aliphatic rings. The molecule has 1 aromatic heterocycles. The fourth-order valence-corrected chi connectivity index (χ4v) is 6.71. The average molecular weight is 669 g/mol. The monoisotopic (exact) mass is 669 g/mol. The van der Waals surface area contributed by atoms with Crippen molar-refractivity contribution < 1.29 is 61.4 Å². The molecular weight excluding hydrogens is 627 g/mol. The van der Waals surface area contributed by atoms with Crippen molar-refractivity contribution in [2.24, 2.45) is 0 Å². The van der Waals surface area contributed by atoms with E-state index in [1.54, 1.807) is 0 Å². The lowest BCUT2D eigenvalue weighted by Crippen LogP contribution is -2.37. The molecule has 246 valence electrons. The summed E-state index contributed by atoms with van der Waals surface area (Å²) >= 11 is 0. The second-order valence-electron chi connectivity index (χ2n) is 9.35. The molecule has 0 radical (unpaired) electrons. The van der Waals surface area contributed by atoms with Crippen LogP contribution in [-0.4, -0.2) is 88.8 Å². The second-order valence-corrected chi connectivity index (χ2v) is 13.8. The first kappa shape index (κ1) is 39.0. The van der Waals surface area contributed by atoms with Crippen LogP contribution in [0.2, 0.25) is 0 Å². The number of aromatic nitrogens is 2. The van der Waals surface area contributed by atoms with Gasteiger partial charge in [0.25, 0.3) is 5.56 Å². The molecule has 0 bridgehead atoms. The SMILES string of the molecule is CCCCN(CCCC)CCCC.O=c1ccn([C@@H]2O[C@H](COP(=O)(O)OP(=O)(O)OP(=O)(O)O)[C@@H](O)[C@H]2O)c(=O)[nH]1. The van der Waals surface area contributed by atoms with Crippen LogP contribution in [0.25, 0.3) is 0 Å². The number of nitrogens with one attached hydrogen (secondary N) is 1. The molecule has 21 heteroatoms. The molecule has 42 heavy (non-hydrogen) atoms. The predicted molar refractivity (Wildman–Crippen MR) is 148 cm³/mol. The fraction of sp³-hybridized carbons (Fsp3) is 0.810. The van der Waals surface area contributed by atoms with Gasteiger partial charge < -0.3 is 39.4 Å². The number of H-pyrrole nitrogens is 1. The molecule has 1 aliphatic heterocycles. The largest absolute Gasteiger partial charge is 0.490 e. The zero-order valence-electron chi connectivity index (χ0n) is 23.6. The van der Waals surface area contributed by atoms with E-state index in [9.17, 15) is 38.4 Å². The number of aliphatic hydroxyl groups excluding tert-OH is 2. The van der Waals surface area contributed by atoms with Gasteiger partial charge in [-0.1, -0.05) is 40.0 Å². The van der Waals surface area contributed by atoms with E-state index in [1.807, 2.05) is 4.98 Å². The number of aliphatic hydroxyl groups is 2. The molecule has 18 nitrogen and oxygen atoms in total. The maximum absolute atomic E-state index is 11.7. The van der Waals surface area contributed by atoms with Gasteiger partial charge in [0.2, 0.25) is 0 Å². The first-order valence-corrected chi connectivity index (χ1v) is 17.8. The first-order valence-electron chi connectivity index (χ1n) is 13.3. The minimum absolute atomic E-state index is 0.708. The summed E-state index contributed by atoms with van der Waals surface area (Å²) in [5.41, 5.74) is -1.74. The molecule has 0 aliphatic carbocycles. The Balaban J connectivity index is 0.000000572. The van der Waals surface area contributed by atoms with Gasteiger partial charge in [-0.25, -0.2) is 18.5 Å². The molecule has 2 rings (SSSR count). The highest BCUT2D eigenvalue weighted by atomic mass is 31.3. The van der Waals surface area contributed by atoms with Crippen molar-refractivity contribution in [2.75, 3.05) is 26.2 Å². The Morgan fingerprint density at radius 1 is 0.881 bits per heavy atom. The third kappa shape index (κ3) is 14.6. The summed E-state index contributed by atoms with van der Waals surface area (Å²) in [5, 5.41) is 19.9. The Kier molecular flexibility index (Phi) is 16.7. The van der Waals surface area contributed by atoms with Gasteiger partial charge in [0.05, 0.1) is 6.61 Å². The zero-order chi connectivity index (χ0) is 32.1. The molecule has 7 N–H and O–H groups in total. The lowest BCUT2D eigenvalue weighted by Gasteiger charge is -2.21. The molecule has 1 fully saturated rings. The summed E-state index contributed by atoms with van der Waals surface area (Å²) in [6, 6.07) is 0.920. The maximum Gasteiger partial charge on any atom is 0.490 e. The van der Waals surface area contributed by atoms with E-state index in [4.69, 9.17) is 19.4 Å². The zero-order valence-corrected chi connectivity index (χ0v) is 26.3. The number of aromatic amines is 1. The highest BCUT2D eigenvalue weighted by Crippen LogP contribution is 2.66. The van der Waals surface area contributed by atoms with Crippen LogP contribution < -0.4 is 11.2 Å². The summed E-state index contributed by atoms with van der Waals surface area (Å²) in [6.45, 7) is 9.73. The maximum atomic E-state index is 11.7. The van der Waals surface area contributed by atoms with Crippen LogP contribution in [0.4, 0.5) is 0 Å². The second kappa shape index (κ2) is 18.0. The summed E-state index contributed by atoms with van der Waals surface area (Å²) in [5.74, 6) is 0. The van der Waals surface area contributed by atoms with Gasteiger partial charge in [0.15, 0.2) is 6.23 Å². The van der Waals surface area contributed by atoms with Crippen molar-refractivity contribution in [3.05, 3.63) is 33.1 Å². The van der Waals surface area contributed by atoms with Crippen molar-refractivity contribution in [2.45, 2.75) is 83.8 Å². The number of hydrogen-bond acceptors (Lipinski definition) is 12.